The maximum atomic E-state index is 11.9. The van der Waals surface area contributed by atoms with Crippen LogP contribution in [-0.4, -0.2) is 37.4 Å². The summed E-state index contributed by atoms with van der Waals surface area (Å²) in [6.07, 6.45) is 0. The number of nitrogens with two attached hydrogens (primary N) is 1. The third-order valence-corrected chi connectivity index (χ3v) is 3.69. The quantitative estimate of drug-likeness (QED) is 0.752. The van der Waals surface area contributed by atoms with Gasteiger partial charge >= 0.3 is 0 Å². The number of nitrogens with one attached hydrogen (secondary N) is 1. The molecule has 0 radical (unpaired) electrons. The van der Waals surface area contributed by atoms with E-state index in [4.69, 9.17) is 32.2 Å². The lowest BCUT2D eigenvalue weighted by Gasteiger charge is -2.17. The van der Waals surface area contributed by atoms with E-state index in [1.807, 2.05) is 0 Å². The second-order valence-corrected chi connectivity index (χ2v) is 5.06. The molecule has 0 amide bonds. The first-order valence-electron chi connectivity index (χ1n) is 6.90. The molecule has 24 heavy (non-hydrogen) atoms. The number of methoxy groups -OCH3 is 3. The number of rotatable bonds is 6. The molecule has 0 unspecified atom stereocenters. The van der Waals surface area contributed by atoms with E-state index in [2.05, 4.69) is 4.98 Å². The van der Waals surface area contributed by atoms with E-state index in [9.17, 15) is 4.79 Å². The molecule has 7 nitrogen and oxygen atoms in total. The van der Waals surface area contributed by atoms with Crippen molar-refractivity contribution in [3.63, 3.8) is 0 Å². The highest BCUT2D eigenvalue weighted by atomic mass is 35.5. The SMILES string of the molecule is COc1cc(OC)c(-c2cc(=O)[nH]c(=S)n2CCN)cc1OC.Cl. The first-order valence-corrected chi connectivity index (χ1v) is 7.31. The fourth-order valence-electron chi connectivity index (χ4n) is 2.32. The average Bonchev–Trinajstić information content (AvgIpc) is 2.55. The second kappa shape index (κ2) is 8.72. The number of nitrogens with zero attached hydrogens (tertiary/aromatic N) is 1. The van der Waals surface area contributed by atoms with Gasteiger partial charge < -0.3 is 24.5 Å². The molecular weight excluding hydrogens is 354 g/mol. The number of aromatic amines is 1. The number of hydrogen-bond acceptors (Lipinski definition) is 6. The molecule has 0 aliphatic carbocycles. The zero-order valence-corrected chi connectivity index (χ0v) is 15.3. The number of halogens is 1. The Hall–Kier alpha value is -2.03. The van der Waals surface area contributed by atoms with Gasteiger partial charge in [0.25, 0.3) is 5.56 Å². The van der Waals surface area contributed by atoms with Crippen molar-refractivity contribution >= 4 is 24.6 Å². The van der Waals surface area contributed by atoms with Crippen LogP contribution in [0.25, 0.3) is 11.3 Å². The van der Waals surface area contributed by atoms with E-state index < -0.39 is 0 Å². The summed E-state index contributed by atoms with van der Waals surface area (Å²) in [5, 5.41) is 0. The summed E-state index contributed by atoms with van der Waals surface area (Å²) in [6.45, 7) is 0.839. The number of H-pyrrole nitrogens is 1. The Morgan fingerprint density at radius 1 is 1.08 bits per heavy atom. The third-order valence-electron chi connectivity index (χ3n) is 3.37. The summed E-state index contributed by atoms with van der Waals surface area (Å²) in [4.78, 5) is 14.4. The van der Waals surface area contributed by atoms with Gasteiger partial charge in [0.2, 0.25) is 0 Å². The molecule has 1 aromatic carbocycles. The van der Waals surface area contributed by atoms with Gasteiger partial charge in [0.05, 0.1) is 27.0 Å². The van der Waals surface area contributed by atoms with Crippen molar-refractivity contribution in [2.45, 2.75) is 6.54 Å². The standard InChI is InChI=1S/C15H19N3O4S.ClH/c1-20-11-8-13(22-3)12(21-2)6-9(11)10-7-14(19)17-15(23)18(10)5-4-16;/h6-8H,4-5,16H2,1-3H3,(H,17,19,23);1H. The first-order chi connectivity index (χ1) is 11.0. The van der Waals surface area contributed by atoms with Crippen molar-refractivity contribution in [2.75, 3.05) is 27.9 Å². The lowest BCUT2D eigenvalue weighted by molar-refractivity contribution is 0.349. The molecule has 1 heterocycles. The predicted octanol–water partition coefficient (Wildman–Crippen LogP) is 1.98. The molecule has 0 aliphatic heterocycles. The molecule has 9 heteroatoms. The summed E-state index contributed by atoms with van der Waals surface area (Å²) >= 11 is 5.24. The molecule has 0 saturated heterocycles. The van der Waals surface area contributed by atoms with E-state index in [-0.39, 0.29) is 18.0 Å². The van der Waals surface area contributed by atoms with Gasteiger partial charge in [-0.25, -0.2) is 0 Å². The summed E-state index contributed by atoms with van der Waals surface area (Å²) in [7, 11) is 4.62. The van der Waals surface area contributed by atoms with Crippen LogP contribution >= 0.6 is 24.6 Å². The molecule has 0 spiro atoms. The van der Waals surface area contributed by atoms with Gasteiger partial charge in [0.1, 0.15) is 5.75 Å². The third kappa shape index (κ3) is 3.89. The fourth-order valence-corrected chi connectivity index (χ4v) is 2.61. The molecule has 1 aromatic heterocycles. The fraction of sp³-hybridized carbons (Fsp3) is 0.333. The molecule has 132 valence electrons. The smallest absolute Gasteiger partial charge is 0.252 e. The minimum absolute atomic E-state index is 0. The molecule has 2 rings (SSSR count). The molecule has 2 aromatic rings. The van der Waals surface area contributed by atoms with Gasteiger partial charge in [-0.05, 0) is 18.3 Å². The van der Waals surface area contributed by atoms with Crippen LogP contribution in [0, 0.1) is 4.77 Å². The van der Waals surface area contributed by atoms with E-state index in [0.29, 0.717) is 46.4 Å². The first kappa shape index (κ1) is 20.0. The van der Waals surface area contributed by atoms with Crippen molar-refractivity contribution in [1.82, 2.24) is 9.55 Å². The van der Waals surface area contributed by atoms with Crippen molar-refractivity contribution < 1.29 is 14.2 Å². The second-order valence-electron chi connectivity index (χ2n) is 4.67. The highest BCUT2D eigenvalue weighted by Crippen LogP contribution is 2.39. The van der Waals surface area contributed by atoms with Crippen LogP contribution < -0.4 is 25.5 Å². The molecule has 0 atom stereocenters. The van der Waals surface area contributed by atoms with Gasteiger partial charge in [-0.3, -0.25) is 9.78 Å². The Bertz CT molecular complexity index is 819. The molecule has 0 bridgehead atoms. The lowest BCUT2D eigenvalue weighted by Crippen LogP contribution is -2.19. The minimum atomic E-state index is -0.296. The van der Waals surface area contributed by atoms with Gasteiger partial charge in [0, 0.05) is 30.8 Å². The highest BCUT2D eigenvalue weighted by Gasteiger charge is 2.16. The van der Waals surface area contributed by atoms with Crippen LogP contribution in [0.1, 0.15) is 0 Å². The van der Waals surface area contributed by atoms with E-state index in [1.54, 1.807) is 38.0 Å². The molecule has 0 aliphatic rings. The van der Waals surface area contributed by atoms with Crippen LogP contribution in [0.5, 0.6) is 17.2 Å². The number of benzene rings is 1. The van der Waals surface area contributed by atoms with Crippen molar-refractivity contribution in [2.24, 2.45) is 5.73 Å². The van der Waals surface area contributed by atoms with E-state index >= 15 is 0 Å². The predicted molar refractivity (Wildman–Crippen MR) is 97.3 cm³/mol. The zero-order chi connectivity index (χ0) is 17.0. The lowest BCUT2D eigenvalue weighted by atomic mass is 10.1. The van der Waals surface area contributed by atoms with Crippen LogP contribution in [0.2, 0.25) is 0 Å². The average molecular weight is 374 g/mol. The number of ether oxygens (including phenoxy) is 3. The topological polar surface area (TPSA) is 91.5 Å². The Morgan fingerprint density at radius 2 is 1.67 bits per heavy atom. The van der Waals surface area contributed by atoms with Crippen LogP contribution in [0.4, 0.5) is 0 Å². The Labute approximate surface area is 150 Å². The number of aromatic nitrogens is 2. The summed E-state index contributed by atoms with van der Waals surface area (Å²) in [6, 6.07) is 4.90. The number of hydrogen-bond donors (Lipinski definition) is 2. The van der Waals surface area contributed by atoms with E-state index in [0.717, 1.165) is 0 Å². The van der Waals surface area contributed by atoms with Crippen LogP contribution in [0.3, 0.4) is 0 Å². The zero-order valence-electron chi connectivity index (χ0n) is 13.6. The maximum Gasteiger partial charge on any atom is 0.252 e. The van der Waals surface area contributed by atoms with Crippen molar-refractivity contribution in [3.8, 4) is 28.5 Å². The molecule has 3 N–H and O–H groups in total. The van der Waals surface area contributed by atoms with Gasteiger partial charge in [-0.2, -0.15) is 0 Å². The van der Waals surface area contributed by atoms with Crippen molar-refractivity contribution in [1.29, 1.82) is 0 Å². The Morgan fingerprint density at radius 3 is 2.21 bits per heavy atom. The summed E-state index contributed by atoms with van der Waals surface area (Å²) in [5.74, 6) is 1.59. The van der Waals surface area contributed by atoms with E-state index in [1.165, 1.54) is 6.07 Å². The van der Waals surface area contributed by atoms with Crippen LogP contribution in [0.15, 0.2) is 23.0 Å². The summed E-state index contributed by atoms with van der Waals surface area (Å²) in [5.41, 5.74) is 6.62. The van der Waals surface area contributed by atoms with Crippen LogP contribution in [-0.2, 0) is 6.54 Å². The van der Waals surface area contributed by atoms with Crippen molar-refractivity contribution in [3.05, 3.63) is 33.3 Å². The largest absolute Gasteiger partial charge is 0.496 e. The molecule has 0 fully saturated rings. The Balaban J connectivity index is 0.00000288. The van der Waals surface area contributed by atoms with Gasteiger partial charge in [0.15, 0.2) is 16.3 Å². The van der Waals surface area contributed by atoms with Gasteiger partial charge in [-0.15, -0.1) is 12.4 Å². The Kier molecular flexibility index (Phi) is 7.27. The summed E-state index contributed by atoms with van der Waals surface area (Å²) < 4.78 is 18.1. The normalized spacial score (nSPS) is 10.0. The van der Waals surface area contributed by atoms with Gasteiger partial charge in [-0.1, -0.05) is 0 Å². The monoisotopic (exact) mass is 373 g/mol. The molecule has 0 saturated carbocycles. The highest BCUT2D eigenvalue weighted by molar-refractivity contribution is 7.71. The molecular formula is C15H20ClN3O4S. The minimum Gasteiger partial charge on any atom is -0.496 e. The maximum absolute atomic E-state index is 11.9.